The molecule has 0 aliphatic heterocycles. The van der Waals surface area contributed by atoms with Gasteiger partial charge in [-0.3, -0.25) is 4.79 Å². The summed E-state index contributed by atoms with van der Waals surface area (Å²) in [5.74, 6) is 0.0689. The lowest BCUT2D eigenvalue weighted by Gasteiger charge is -2.22. The molecule has 0 amide bonds. The van der Waals surface area contributed by atoms with Crippen LogP contribution in [0.25, 0.3) is 0 Å². The Morgan fingerprint density at radius 2 is 2.11 bits per heavy atom. The summed E-state index contributed by atoms with van der Waals surface area (Å²) >= 11 is 3.45. The van der Waals surface area contributed by atoms with Crippen molar-refractivity contribution in [2.24, 2.45) is 5.41 Å². The molecule has 0 aromatic heterocycles. The molecule has 0 fully saturated rings. The second kappa shape index (κ2) is 6.23. The van der Waals surface area contributed by atoms with Crippen LogP contribution in [0.5, 0.6) is 5.75 Å². The van der Waals surface area contributed by atoms with Crippen LogP contribution in [0.2, 0.25) is 0 Å². The summed E-state index contributed by atoms with van der Waals surface area (Å²) in [5, 5.41) is 8.83. The Bertz CT molecular complexity index is 427. The van der Waals surface area contributed by atoms with Gasteiger partial charge in [0.05, 0.1) is 18.0 Å². The molecule has 4 heteroatoms. The molecule has 0 aliphatic carbocycles. The summed E-state index contributed by atoms with van der Waals surface area (Å²) in [6.07, 6.45) is 1.91. The van der Waals surface area contributed by atoms with Gasteiger partial charge in [0.25, 0.3) is 0 Å². The second-order valence-electron chi connectivity index (χ2n) is 5.20. The normalized spacial score (nSPS) is 11.3. The van der Waals surface area contributed by atoms with Crippen molar-refractivity contribution >= 4 is 21.9 Å². The minimum atomic E-state index is -0.740. The first kappa shape index (κ1) is 15.0. The van der Waals surface area contributed by atoms with Crippen LogP contribution < -0.4 is 4.74 Å². The summed E-state index contributed by atoms with van der Waals surface area (Å²) in [7, 11) is 1.63. The van der Waals surface area contributed by atoms with E-state index in [1.807, 2.05) is 32.0 Å². The molecule has 0 aliphatic rings. The van der Waals surface area contributed by atoms with Crippen molar-refractivity contribution in [3.63, 3.8) is 0 Å². The van der Waals surface area contributed by atoms with E-state index in [9.17, 15) is 4.79 Å². The van der Waals surface area contributed by atoms with E-state index >= 15 is 0 Å². The average molecular weight is 315 g/mol. The molecule has 0 spiro atoms. The van der Waals surface area contributed by atoms with Crippen LogP contribution in [0.15, 0.2) is 22.7 Å². The van der Waals surface area contributed by atoms with Crippen molar-refractivity contribution in [2.75, 3.05) is 7.11 Å². The molecular weight excluding hydrogens is 296 g/mol. The van der Waals surface area contributed by atoms with Crippen LogP contribution in [0.3, 0.4) is 0 Å². The van der Waals surface area contributed by atoms with Crippen LogP contribution >= 0.6 is 15.9 Å². The number of carboxylic acid groups (broad SMARTS) is 1. The van der Waals surface area contributed by atoms with E-state index in [0.717, 1.165) is 23.1 Å². The molecule has 0 heterocycles. The largest absolute Gasteiger partial charge is 0.496 e. The lowest BCUT2D eigenvalue weighted by Crippen LogP contribution is -2.17. The van der Waals surface area contributed by atoms with Crippen molar-refractivity contribution in [2.45, 2.75) is 33.1 Å². The maximum atomic E-state index is 10.7. The zero-order valence-corrected chi connectivity index (χ0v) is 12.6. The molecule has 1 rings (SSSR count). The molecule has 0 bridgehead atoms. The highest BCUT2D eigenvalue weighted by molar-refractivity contribution is 9.10. The Kier molecular flexibility index (Phi) is 5.20. The van der Waals surface area contributed by atoms with Gasteiger partial charge in [-0.15, -0.1) is 0 Å². The van der Waals surface area contributed by atoms with E-state index < -0.39 is 5.97 Å². The van der Waals surface area contributed by atoms with E-state index in [-0.39, 0.29) is 11.8 Å². The van der Waals surface area contributed by atoms with Crippen LogP contribution in [-0.4, -0.2) is 18.2 Å². The summed E-state index contributed by atoms with van der Waals surface area (Å²) in [4.78, 5) is 10.7. The van der Waals surface area contributed by atoms with Gasteiger partial charge in [-0.05, 0) is 51.9 Å². The van der Waals surface area contributed by atoms with Gasteiger partial charge in [0.2, 0.25) is 0 Å². The summed E-state index contributed by atoms with van der Waals surface area (Å²) < 4.78 is 6.10. The third-order valence-electron chi connectivity index (χ3n) is 2.94. The van der Waals surface area contributed by atoms with Gasteiger partial charge in [0, 0.05) is 0 Å². The van der Waals surface area contributed by atoms with Crippen LogP contribution in [0, 0.1) is 5.41 Å². The Balaban J connectivity index is 2.63. The molecule has 1 N–H and O–H groups in total. The number of carboxylic acids is 1. The number of hydrogen-bond acceptors (Lipinski definition) is 2. The average Bonchev–Trinajstić information content (AvgIpc) is 2.25. The van der Waals surface area contributed by atoms with E-state index in [4.69, 9.17) is 9.84 Å². The molecule has 0 unspecified atom stereocenters. The summed E-state index contributed by atoms with van der Waals surface area (Å²) in [6, 6.07) is 5.96. The van der Waals surface area contributed by atoms with Crippen LogP contribution in [-0.2, 0) is 11.2 Å². The monoisotopic (exact) mass is 314 g/mol. The lowest BCUT2D eigenvalue weighted by atomic mass is 9.83. The molecule has 1 aromatic rings. The molecule has 0 saturated heterocycles. The first-order valence-electron chi connectivity index (χ1n) is 5.88. The predicted octanol–water partition coefficient (Wildman–Crippen LogP) is 3.89. The Labute approximate surface area is 116 Å². The highest BCUT2D eigenvalue weighted by Gasteiger charge is 2.21. The minimum absolute atomic E-state index is 0.182. The number of ether oxygens (including phenoxy) is 1. The Morgan fingerprint density at radius 1 is 1.44 bits per heavy atom. The fourth-order valence-corrected chi connectivity index (χ4v) is 2.43. The lowest BCUT2D eigenvalue weighted by molar-refractivity contribution is -0.139. The van der Waals surface area contributed by atoms with E-state index in [1.54, 1.807) is 7.11 Å². The van der Waals surface area contributed by atoms with Gasteiger partial charge in [0.15, 0.2) is 0 Å². The zero-order chi connectivity index (χ0) is 13.8. The molecule has 100 valence electrons. The molecule has 18 heavy (non-hydrogen) atoms. The minimum Gasteiger partial charge on any atom is -0.496 e. The molecule has 0 saturated carbocycles. The molecule has 0 radical (unpaired) electrons. The van der Waals surface area contributed by atoms with E-state index in [0.29, 0.717) is 0 Å². The number of hydrogen-bond donors (Lipinski definition) is 1. The van der Waals surface area contributed by atoms with Gasteiger partial charge < -0.3 is 9.84 Å². The number of methoxy groups -OCH3 is 1. The van der Waals surface area contributed by atoms with Crippen molar-refractivity contribution in [1.82, 2.24) is 0 Å². The van der Waals surface area contributed by atoms with Crippen molar-refractivity contribution < 1.29 is 14.6 Å². The number of benzene rings is 1. The number of halogens is 1. The first-order chi connectivity index (χ1) is 8.34. The molecular formula is C14H19BrO3. The fraction of sp³-hybridized carbons (Fsp3) is 0.500. The van der Waals surface area contributed by atoms with Crippen molar-refractivity contribution in [3.8, 4) is 5.75 Å². The van der Waals surface area contributed by atoms with E-state index in [1.165, 1.54) is 5.56 Å². The maximum Gasteiger partial charge on any atom is 0.303 e. The van der Waals surface area contributed by atoms with Gasteiger partial charge in [-0.25, -0.2) is 0 Å². The predicted molar refractivity (Wildman–Crippen MR) is 75.0 cm³/mol. The van der Waals surface area contributed by atoms with Crippen molar-refractivity contribution in [1.29, 1.82) is 0 Å². The third-order valence-corrected chi connectivity index (χ3v) is 3.56. The summed E-state index contributed by atoms with van der Waals surface area (Å²) in [5.41, 5.74) is 0.999. The topological polar surface area (TPSA) is 46.5 Å². The SMILES string of the molecule is COc1ccc(CCC(C)(C)CC(=O)O)cc1Br. The number of carbonyl (C=O) groups is 1. The molecule has 1 aromatic carbocycles. The van der Waals surface area contributed by atoms with Crippen LogP contribution in [0.4, 0.5) is 0 Å². The first-order valence-corrected chi connectivity index (χ1v) is 6.67. The highest BCUT2D eigenvalue weighted by atomic mass is 79.9. The molecule has 3 nitrogen and oxygen atoms in total. The van der Waals surface area contributed by atoms with Gasteiger partial charge >= 0.3 is 5.97 Å². The molecule has 0 atom stereocenters. The Morgan fingerprint density at radius 3 is 2.61 bits per heavy atom. The number of aliphatic carboxylic acids is 1. The zero-order valence-electron chi connectivity index (χ0n) is 11.0. The van der Waals surface area contributed by atoms with Crippen LogP contribution in [0.1, 0.15) is 32.3 Å². The number of rotatable bonds is 6. The fourth-order valence-electron chi connectivity index (χ4n) is 1.85. The maximum absolute atomic E-state index is 10.7. The Hall–Kier alpha value is -1.03. The van der Waals surface area contributed by atoms with E-state index in [2.05, 4.69) is 15.9 Å². The van der Waals surface area contributed by atoms with Gasteiger partial charge in [-0.2, -0.15) is 0 Å². The second-order valence-corrected chi connectivity index (χ2v) is 6.06. The highest BCUT2D eigenvalue weighted by Crippen LogP contribution is 2.30. The standard InChI is InChI=1S/C14H19BrO3/c1-14(2,9-13(16)17)7-6-10-4-5-12(18-3)11(15)8-10/h4-5,8H,6-7,9H2,1-3H3,(H,16,17). The quantitative estimate of drug-likeness (QED) is 0.866. The van der Waals surface area contributed by atoms with Crippen molar-refractivity contribution in [3.05, 3.63) is 28.2 Å². The number of aryl methyl sites for hydroxylation is 1. The van der Waals surface area contributed by atoms with Gasteiger partial charge in [0.1, 0.15) is 5.75 Å². The smallest absolute Gasteiger partial charge is 0.303 e. The summed E-state index contributed by atoms with van der Waals surface area (Å²) in [6.45, 7) is 3.97. The third kappa shape index (κ3) is 4.69. The van der Waals surface area contributed by atoms with Gasteiger partial charge in [-0.1, -0.05) is 19.9 Å².